The SMILES string of the molecule is C=CCn1c(COc2cc(C)c(Cl)c(C)c2)nnc1SCC(=O)Nc1ccccc1C(C)C. The number of allylic oxidation sites excluding steroid dienone is 1. The number of hydrogen-bond acceptors (Lipinski definition) is 5. The van der Waals surface area contributed by atoms with Crippen LogP contribution in [0.25, 0.3) is 0 Å². The van der Waals surface area contributed by atoms with E-state index in [-0.39, 0.29) is 18.3 Å². The Morgan fingerprint density at radius 3 is 2.61 bits per heavy atom. The Bertz CT molecular complexity index is 1120. The Labute approximate surface area is 204 Å². The standard InChI is InChI=1S/C25H29ClN4O2S/c1-6-11-30-22(14-32-19-12-17(4)24(26)18(5)13-19)28-29-25(30)33-15-23(31)27-21-10-8-7-9-20(21)16(2)3/h6-10,12-13,16H,1,11,14-15H2,2-5H3,(H,27,31). The minimum absolute atomic E-state index is 0.0915. The number of halogens is 1. The molecule has 6 nitrogen and oxygen atoms in total. The van der Waals surface area contributed by atoms with Gasteiger partial charge in [-0.2, -0.15) is 0 Å². The van der Waals surface area contributed by atoms with Crippen molar-refractivity contribution in [3.05, 3.63) is 76.6 Å². The normalized spacial score (nSPS) is 11.0. The van der Waals surface area contributed by atoms with E-state index in [1.54, 1.807) is 6.08 Å². The summed E-state index contributed by atoms with van der Waals surface area (Å²) in [6.07, 6.45) is 1.77. The molecule has 0 aliphatic heterocycles. The number of aromatic nitrogens is 3. The number of hydrogen-bond donors (Lipinski definition) is 1. The summed E-state index contributed by atoms with van der Waals surface area (Å²) in [6.45, 7) is 12.7. The van der Waals surface area contributed by atoms with Gasteiger partial charge in [-0.1, -0.05) is 61.5 Å². The number of para-hydroxylation sites is 1. The second kappa shape index (κ2) is 11.4. The van der Waals surface area contributed by atoms with Crippen LogP contribution in [0.15, 0.2) is 54.2 Å². The van der Waals surface area contributed by atoms with Crippen molar-refractivity contribution in [1.82, 2.24) is 14.8 Å². The number of benzene rings is 2. The first kappa shape index (κ1) is 24.9. The minimum Gasteiger partial charge on any atom is -0.486 e. The van der Waals surface area contributed by atoms with E-state index in [1.165, 1.54) is 11.8 Å². The summed E-state index contributed by atoms with van der Waals surface area (Å²) in [5.41, 5.74) is 3.87. The molecule has 3 rings (SSSR count). The van der Waals surface area contributed by atoms with Gasteiger partial charge in [0.15, 0.2) is 11.0 Å². The van der Waals surface area contributed by atoms with Gasteiger partial charge in [0.25, 0.3) is 0 Å². The average Bonchev–Trinajstić information content (AvgIpc) is 3.16. The van der Waals surface area contributed by atoms with Gasteiger partial charge in [-0.25, -0.2) is 0 Å². The first-order valence-corrected chi connectivity index (χ1v) is 12.1. The van der Waals surface area contributed by atoms with Gasteiger partial charge in [0, 0.05) is 17.3 Å². The minimum atomic E-state index is -0.0915. The summed E-state index contributed by atoms with van der Waals surface area (Å²) < 4.78 is 7.85. The molecule has 2 aromatic carbocycles. The number of amides is 1. The highest BCUT2D eigenvalue weighted by molar-refractivity contribution is 7.99. The van der Waals surface area contributed by atoms with Gasteiger partial charge < -0.3 is 10.1 Å². The first-order valence-electron chi connectivity index (χ1n) is 10.7. The number of carbonyl (C=O) groups excluding carboxylic acids is 1. The molecule has 1 N–H and O–H groups in total. The molecule has 8 heteroatoms. The van der Waals surface area contributed by atoms with Crippen molar-refractivity contribution in [1.29, 1.82) is 0 Å². The van der Waals surface area contributed by atoms with Crippen LogP contribution in [0.2, 0.25) is 5.02 Å². The molecule has 0 saturated heterocycles. The maximum atomic E-state index is 12.6. The molecule has 0 aliphatic rings. The van der Waals surface area contributed by atoms with Gasteiger partial charge in [0.1, 0.15) is 12.4 Å². The van der Waals surface area contributed by atoms with Crippen LogP contribution in [0.5, 0.6) is 5.75 Å². The molecule has 0 bridgehead atoms. The average molecular weight is 485 g/mol. The molecule has 3 aromatic rings. The van der Waals surface area contributed by atoms with Crippen molar-refractivity contribution in [2.45, 2.75) is 51.9 Å². The van der Waals surface area contributed by atoms with Crippen LogP contribution in [0.1, 0.15) is 42.3 Å². The summed E-state index contributed by atoms with van der Waals surface area (Å²) in [4.78, 5) is 12.6. The number of rotatable bonds is 10. The smallest absolute Gasteiger partial charge is 0.234 e. The first-order chi connectivity index (χ1) is 15.8. The van der Waals surface area contributed by atoms with Crippen molar-refractivity contribution in [3.8, 4) is 5.75 Å². The fourth-order valence-electron chi connectivity index (χ4n) is 3.41. The summed E-state index contributed by atoms with van der Waals surface area (Å²) in [5.74, 6) is 1.83. The van der Waals surface area contributed by atoms with E-state index in [1.807, 2.05) is 54.8 Å². The van der Waals surface area contributed by atoms with Gasteiger partial charge in [-0.15, -0.1) is 16.8 Å². The monoisotopic (exact) mass is 484 g/mol. The molecule has 0 aliphatic carbocycles. The van der Waals surface area contributed by atoms with E-state index in [2.05, 4.69) is 35.9 Å². The van der Waals surface area contributed by atoms with Crippen LogP contribution in [0.4, 0.5) is 5.69 Å². The molecule has 0 saturated carbocycles. The van der Waals surface area contributed by atoms with Crippen LogP contribution < -0.4 is 10.1 Å². The molecule has 0 unspecified atom stereocenters. The van der Waals surface area contributed by atoms with Crippen molar-refractivity contribution < 1.29 is 9.53 Å². The Balaban J connectivity index is 1.66. The zero-order valence-electron chi connectivity index (χ0n) is 19.4. The van der Waals surface area contributed by atoms with Crippen LogP contribution >= 0.6 is 23.4 Å². The highest BCUT2D eigenvalue weighted by Crippen LogP contribution is 2.27. The third-order valence-electron chi connectivity index (χ3n) is 5.07. The molecule has 0 spiro atoms. The molecule has 0 radical (unpaired) electrons. The number of ether oxygens (including phenoxy) is 1. The Kier molecular flexibility index (Phi) is 8.58. The lowest BCUT2D eigenvalue weighted by Crippen LogP contribution is -2.16. The van der Waals surface area contributed by atoms with Crippen molar-refractivity contribution in [2.24, 2.45) is 0 Å². The van der Waals surface area contributed by atoms with Gasteiger partial charge in [-0.3, -0.25) is 9.36 Å². The Morgan fingerprint density at radius 1 is 1.24 bits per heavy atom. The molecular formula is C25H29ClN4O2S. The second-order valence-corrected chi connectivity index (χ2v) is 9.36. The van der Waals surface area contributed by atoms with Crippen LogP contribution in [-0.2, 0) is 17.9 Å². The van der Waals surface area contributed by atoms with Gasteiger partial charge >= 0.3 is 0 Å². The van der Waals surface area contributed by atoms with Crippen molar-refractivity contribution in [3.63, 3.8) is 0 Å². The zero-order chi connectivity index (χ0) is 24.0. The second-order valence-electron chi connectivity index (χ2n) is 8.04. The largest absolute Gasteiger partial charge is 0.486 e. The fraction of sp³-hybridized carbons (Fsp3) is 0.320. The lowest BCUT2D eigenvalue weighted by atomic mass is 10.0. The Hall–Kier alpha value is -2.77. The van der Waals surface area contributed by atoms with E-state index in [4.69, 9.17) is 16.3 Å². The number of anilines is 1. The highest BCUT2D eigenvalue weighted by atomic mass is 35.5. The van der Waals surface area contributed by atoms with E-state index in [0.717, 1.165) is 33.1 Å². The number of aryl methyl sites for hydroxylation is 2. The van der Waals surface area contributed by atoms with Gasteiger partial charge in [0.2, 0.25) is 5.91 Å². The number of carbonyl (C=O) groups is 1. The maximum absolute atomic E-state index is 12.6. The third kappa shape index (κ3) is 6.39. The molecule has 1 heterocycles. The summed E-state index contributed by atoms with van der Waals surface area (Å²) in [6, 6.07) is 11.7. The molecule has 1 aromatic heterocycles. The van der Waals surface area contributed by atoms with Crippen molar-refractivity contribution >= 4 is 35.0 Å². The molecule has 0 atom stereocenters. The summed E-state index contributed by atoms with van der Waals surface area (Å²) in [7, 11) is 0. The fourth-order valence-corrected chi connectivity index (χ4v) is 4.29. The van der Waals surface area contributed by atoms with E-state index >= 15 is 0 Å². The third-order valence-corrected chi connectivity index (χ3v) is 6.64. The molecule has 33 heavy (non-hydrogen) atoms. The van der Waals surface area contributed by atoms with Gasteiger partial charge in [-0.05, 0) is 54.7 Å². The summed E-state index contributed by atoms with van der Waals surface area (Å²) in [5, 5.41) is 12.9. The molecule has 0 fully saturated rings. The zero-order valence-corrected chi connectivity index (χ0v) is 21.0. The van der Waals surface area contributed by atoms with E-state index in [0.29, 0.717) is 23.4 Å². The van der Waals surface area contributed by atoms with Crippen LogP contribution in [0, 0.1) is 13.8 Å². The highest BCUT2D eigenvalue weighted by Gasteiger charge is 2.16. The van der Waals surface area contributed by atoms with Crippen LogP contribution in [-0.4, -0.2) is 26.4 Å². The Morgan fingerprint density at radius 2 is 1.94 bits per heavy atom. The lowest BCUT2D eigenvalue weighted by Gasteiger charge is -2.13. The van der Waals surface area contributed by atoms with E-state index < -0.39 is 0 Å². The molecular weight excluding hydrogens is 456 g/mol. The number of nitrogens with zero attached hydrogens (tertiary/aromatic N) is 3. The molecule has 1 amide bonds. The molecule has 174 valence electrons. The van der Waals surface area contributed by atoms with Gasteiger partial charge in [0.05, 0.1) is 5.75 Å². The maximum Gasteiger partial charge on any atom is 0.234 e. The van der Waals surface area contributed by atoms with Crippen molar-refractivity contribution in [2.75, 3.05) is 11.1 Å². The number of thioether (sulfide) groups is 1. The quantitative estimate of drug-likeness (QED) is 0.275. The van der Waals surface area contributed by atoms with Crippen LogP contribution in [0.3, 0.4) is 0 Å². The predicted octanol–water partition coefficient (Wildman–Crippen LogP) is 6.17. The predicted molar refractivity (Wildman–Crippen MR) is 135 cm³/mol. The summed E-state index contributed by atoms with van der Waals surface area (Å²) >= 11 is 7.58. The number of nitrogens with one attached hydrogen (secondary N) is 1. The van der Waals surface area contributed by atoms with E-state index in [9.17, 15) is 4.79 Å². The topological polar surface area (TPSA) is 69.0 Å². The lowest BCUT2D eigenvalue weighted by molar-refractivity contribution is -0.113.